The maximum absolute atomic E-state index is 13.4. The standard InChI is InChI=1S/C18H25FN2O5/c1-18(2,3)26-17(22)20(4)13-6-8-14(9-7-13)25-16-11-12(19)5-10-15(16)21(23)24/h5,10-11,13-14H,6-9H2,1-4H3/t13-,14-. The summed E-state index contributed by atoms with van der Waals surface area (Å²) in [7, 11) is 1.71. The molecule has 144 valence electrons. The van der Waals surface area contributed by atoms with E-state index in [1.54, 1.807) is 11.9 Å². The zero-order valence-electron chi connectivity index (χ0n) is 15.5. The maximum Gasteiger partial charge on any atom is 0.410 e. The van der Waals surface area contributed by atoms with Crippen LogP contribution < -0.4 is 4.74 Å². The number of carbonyl (C=O) groups is 1. The fourth-order valence-electron chi connectivity index (χ4n) is 2.95. The Balaban J connectivity index is 1.94. The van der Waals surface area contributed by atoms with Gasteiger partial charge in [0.25, 0.3) is 0 Å². The summed E-state index contributed by atoms with van der Waals surface area (Å²) in [6.45, 7) is 5.44. The SMILES string of the molecule is CN(C(=O)OC(C)(C)C)[C@H]1CC[C@H](Oc2cc(F)ccc2[N+](=O)[O-])CC1. The fourth-order valence-corrected chi connectivity index (χ4v) is 2.95. The van der Waals surface area contributed by atoms with Crippen molar-refractivity contribution < 1.29 is 23.6 Å². The predicted octanol–water partition coefficient (Wildman–Crippen LogP) is 4.29. The van der Waals surface area contributed by atoms with E-state index in [1.165, 1.54) is 0 Å². The molecule has 0 aromatic heterocycles. The number of rotatable bonds is 4. The molecule has 0 aliphatic heterocycles. The van der Waals surface area contributed by atoms with Crippen LogP contribution in [-0.4, -0.2) is 40.7 Å². The second-order valence-electron chi connectivity index (χ2n) is 7.51. The van der Waals surface area contributed by atoms with Crippen molar-refractivity contribution in [2.75, 3.05) is 7.05 Å². The molecule has 1 aliphatic carbocycles. The topological polar surface area (TPSA) is 81.9 Å². The highest BCUT2D eigenvalue weighted by molar-refractivity contribution is 5.68. The normalized spacial score (nSPS) is 20.3. The quantitative estimate of drug-likeness (QED) is 0.585. The van der Waals surface area contributed by atoms with Gasteiger partial charge in [-0.15, -0.1) is 0 Å². The van der Waals surface area contributed by atoms with Gasteiger partial charge >= 0.3 is 11.8 Å². The molecule has 0 bridgehead atoms. The summed E-state index contributed by atoms with van der Waals surface area (Å²) < 4.78 is 24.4. The van der Waals surface area contributed by atoms with Gasteiger partial charge < -0.3 is 14.4 Å². The molecule has 0 heterocycles. The monoisotopic (exact) mass is 368 g/mol. The molecule has 1 saturated carbocycles. The number of nitrogens with zero attached hydrogens (tertiary/aromatic N) is 2. The Morgan fingerprint density at radius 2 is 1.88 bits per heavy atom. The molecule has 0 radical (unpaired) electrons. The van der Waals surface area contributed by atoms with Crippen LogP contribution in [0.1, 0.15) is 46.5 Å². The molecule has 0 N–H and O–H groups in total. The van der Waals surface area contributed by atoms with Crippen LogP contribution >= 0.6 is 0 Å². The molecule has 0 unspecified atom stereocenters. The van der Waals surface area contributed by atoms with Crippen molar-refractivity contribution in [3.63, 3.8) is 0 Å². The molecule has 1 aromatic rings. The van der Waals surface area contributed by atoms with E-state index in [0.29, 0.717) is 25.7 Å². The highest BCUT2D eigenvalue weighted by Gasteiger charge is 2.31. The van der Waals surface area contributed by atoms with Crippen molar-refractivity contribution >= 4 is 11.8 Å². The molecular formula is C18H25FN2O5. The van der Waals surface area contributed by atoms with Crippen LogP contribution in [0.5, 0.6) is 5.75 Å². The molecule has 0 saturated heterocycles. The average molecular weight is 368 g/mol. The van der Waals surface area contributed by atoms with Gasteiger partial charge in [-0.2, -0.15) is 0 Å². The minimum Gasteiger partial charge on any atom is -0.483 e. The highest BCUT2D eigenvalue weighted by atomic mass is 19.1. The van der Waals surface area contributed by atoms with Gasteiger partial charge in [0.2, 0.25) is 0 Å². The lowest BCUT2D eigenvalue weighted by molar-refractivity contribution is -0.386. The van der Waals surface area contributed by atoms with Gasteiger partial charge in [0, 0.05) is 25.2 Å². The molecule has 0 atom stereocenters. The van der Waals surface area contributed by atoms with Crippen molar-refractivity contribution in [2.45, 2.75) is 64.2 Å². The number of nitro benzene ring substituents is 1. The van der Waals surface area contributed by atoms with Crippen molar-refractivity contribution in [3.8, 4) is 5.75 Å². The zero-order valence-corrected chi connectivity index (χ0v) is 15.5. The van der Waals surface area contributed by atoms with Crippen molar-refractivity contribution in [2.24, 2.45) is 0 Å². The van der Waals surface area contributed by atoms with Crippen molar-refractivity contribution in [3.05, 3.63) is 34.1 Å². The van der Waals surface area contributed by atoms with Crippen LogP contribution in [0.3, 0.4) is 0 Å². The molecule has 0 spiro atoms. The van der Waals surface area contributed by atoms with E-state index >= 15 is 0 Å². The molecule has 8 heteroatoms. The first kappa shape index (κ1) is 19.9. The minimum atomic E-state index is -0.587. The largest absolute Gasteiger partial charge is 0.483 e. The minimum absolute atomic E-state index is 0.0206. The Morgan fingerprint density at radius 1 is 1.27 bits per heavy atom. The van der Waals surface area contributed by atoms with E-state index in [4.69, 9.17) is 9.47 Å². The lowest BCUT2D eigenvalue weighted by atomic mass is 9.92. The first-order valence-corrected chi connectivity index (χ1v) is 8.63. The number of hydrogen-bond acceptors (Lipinski definition) is 5. The van der Waals surface area contributed by atoms with E-state index in [9.17, 15) is 19.3 Å². The van der Waals surface area contributed by atoms with Gasteiger partial charge in [-0.25, -0.2) is 9.18 Å². The average Bonchev–Trinajstić information content (AvgIpc) is 2.53. The van der Waals surface area contributed by atoms with E-state index in [1.807, 2.05) is 20.8 Å². The first-order chi connectivity index (χ1) is 12.1. The van der Waals surface area contributed by atoms with Gasteiger partial charge in [-0.05, 0) is 52.5 Å². The Labute approximate surface area is 152 Å². The third kappa shape index (κ3) is 5.31. The number of halogens is 1. The highest BCUT2D eigenvalue weighted by Crippen LogP contribution is 2.32. The van der Waals surface area contributed by atoms with E-state index in [0.717, 1.165) is 18.2 Å². The van der Waals surface area contributed by atoms with Crippen LogP contribution in [-0.2, 0) is 4.74 Å². The first-order valence-electron chi connectivity index (χ1n) is 8.63. The third-order valence-electron chi connectivity index (χ3n) is 4.29. The van der Waals surface area contributed by atoms with Gasteiger partial charge in [0.05, 0.1) is 11.0 Å². The summed E-state index contributed by atoms with van der Waals surface area (Å²) in [6, 6.07) is 3.20. The number of benzene rings is 1. The van der Waals surface area contributed by atoms with Gasteiger partial charge in [0.1, 0.15) is 11.4 Å². The molecule has 1 aliphatic rings. The molecule has 1 amide bonds. The molecule has 1 aromatic carbocycles. The summed E-state index contributed by atoms with van der Waals surface area (Å²) in [5.74, 6) is -0.636. The van der Waals surface area contributed by atoms with Crippen molar-refractivity contribution in [1.29, 1.82) is 0 Å². The van der Waals surface area contributed by atoms with Crippen LogP contribution in [0.4, 0.5) is 14.9 Å². The summed E-state index contributed by atoms with van der Waals surface area (Å²) in [5.41, 5.74) is -0.804. The van der Waals surface area contributed by atoms with Gasteiger partial charge in [-0.1, -0.05) is 0 Å². The number of carbonyl (C=O) groups excluding carboxylic acids is 1. The Morgan fingerprint density at radius 3 is 2.42 bits per heavy atom. The molecule has 1 fully saturated rings. The second-order valence-corrected chi connectivity index (χ2v) is 7.51. The molecular weight excluding hydrogens is 343 g/mol. The summed E-state index contributed by atoms with van der Waals surface area (Å²) in [4.78, 5) is 24.2. The molecule has 7 nitrogen and oxygen atoms in total. The Hall–Kier alpha value is -2.38. The lowest BCUT2D eigenvalue weighted by Gasteiger charge is -2.35. The van der Waals surface area contributed by atoms with E-state index in [2.05, 4.69) is 0 Å². The van der Waals surface area contributed by atoms with E-state index in [-0.39, 0.29) is 29.7 Å². The van der Waals surface area contributed by atoms with Crippen molar-refractivity contribution in [1.82, 2.24) is 4.90 Å². The zero-order chi connectivity index (χ0) is 19.5. The predicted molar refractivity (Wildman–Crippen MR) is 93.7 cm³/mol. The van der Waals surface area contributed by atoms with Crippen LogP contribution in [0.15, 0.2) is 18.2 Å². The smallest absolute Gasteiger partial charge is 0.410 e. The lowest BCUT2D eigenvalue weighted by Crippen LogP contribution is -2.43. The third-order valence-corrected chi connectivity index (χ3v) is 4.29. The Kier molecular flexibility index (Phi) is 6.05. The Bertz CT molecular complexity index is 666. The summed E-state index contributed by atoms with van der Waals surface area (Å²) >= 11 is 0. The summed E-state index contributed by atoms with van der Waals surface area (Å²) in [6.07, 6.45) is 1.98. The second kappa shape index (κ2) is 7.88. The van der Waals surface area contributed by atoms with Crippen LogP contribution in [0, 0.1) is 15.9 Å². The maximum atomic E-state index is 13.4. The number of amides is 1. The van der Waals surface area contributed by atoms with Gasteiger partial charge in [-0.3, -0.25) is 10.1 Å². The van der Waals surface area contributed by atoms with Crippen LogP contribution in [0.2, 0.25) is 0 Å². The molecule has 2 rings (SSSR count). The van der Waals surface area contributed by atoms with Gasteiger partial charge in [0.15, 0.2) is 5.75 Å². The van der Waals surface area contributed by atoms with E-state index < -0.39 is 16.3 Å². The number of hydrogen-bond donors (Lipinski definition) is 0. The van der Waals surface area contributed by atoms with Crippen LogP contribution in [0.25, 0.3) is 0 Å². The number of nitro groups is 1. The molecule has 26 heavy (non-hydrogen) atoms. The number of ether oxygens (including phenoxy) is 2. The summed E-state index contributed by atoms with van der Waals surface area (Å²) in [5, 5.41) is 11.1. The fraction of sp³-hybridized carbons (Fsp3) is 0.611.